The van der Waals surface area contributed by atoms with Crippen molar-refractivity contribution in [2.24, 2.45) is 11.8 Å². The molecule has 1 aliphatic rings. The summed E-state index contributed by atoms with van der Waals surface area (Å²) < 4.78 is 1.34. The summed E-state index contributed by atoms with van der Waals surface area (Å²) in [5.74, 6) is 1.53. The van der Waals surface area contributed by atoms with E-state index in [0.29, 0.717) is 0 Å². The van der Waals surface area contributed by atoms with Crippen LogP contribution in [0.1, 0.15) is 51.5 Å². The Morgan fingerprint density at radius 3 is 2.86 bits per heavy atom. The van der Waals surface area contributed by atoms with Crippen LogP contribution >= 0.6 is 11.3 Å². The Morgan fingerprint density at radius 2 is 2.05 bits per heavy atom. The molecule has 2 aromatic rings. The third kappa shape index (κ3) is 3.32. The van der Waals surface area contributed by atoms with Gasteiger partial charge in [-0.1, -0.05) is 44.9 Å². The van der Waals surface area contributed by atoms with Crippen molar-refractivity contribution >= 4 is 21.4 Å². The smallest absolute Gasteiger partial charge is 0.0688 e. The predicted molar refractivity (Wildman–Crippen MR) is 91.9 cm³/mol. The fourth-order valence-corrected chi connectivity index (χ4v) is 4.75. The van der Waals surface area contributed by atoms with E-state index in [1.54, 1.807) is 11.3 Å². The number of aliphatic hydroxyl groups is 1. The van der Waals surface area contributed by atoms with E-state index in [4.69, 9.17) is 0 Å². The lowest BCUT2D eigenvalue weighted by Gasteiger charge is -2.27. The fraction of sp³-hybridized carbons (Fsp3) is 0.579. The van der Waals surface area contributed by atoms with Crippen molar-refractivity contribution in [3.8, 4) is 0 Å². The van der Waals surface area contributed by atoms with Crippen LogP contribution in [0.25, 0.3) is 10.1 Å². The number of thiophene rings is 1. The fourth-order valence-electron chi connectivity index (χ4n) is 3.78. The molecule has 1 heterocycles. The summed E-state index contributed by atoms with van der Waals surface area (Å²) in [4.78, 5) is 0. The molecule has 0 bridgehead atoms. The van der Waals surface area contributed by atoms with Gasteiger partial charge in [-0.3, -0.25) is 0 Å². The van der Waals surface area contributed by atoms with E-state index in [2.05, 4.69) is 43.5 Å². The highest BCUT2D eigenvalue weighted by atomic mass is 32.1. The third-order valence-electron chi connectivity index (χ3n) is 5.22. The lowest BCUT2D eigenvalue weighted by molar-refractivity contribution is 0.0240. The van der Waals surface area contributed by atoms with Crippen molar-refractivity contribution in [2.75, 3.05) is 0 Å². The van der Waals surface area contributed by atoms with E-state index in [1.165, 1.54) is 34.9 Å². The zero-order valence-electron chi connectivity index (χ0n) is 13.1. The summed E-state index contributed by atoms with van der Waals surface area (Å²) in [5.41, 5.74) is 0.842. The predicted octanol–water partition coefficient (Wildman–Crippen LogP) is 5.41. The molecule has 0 saturated heterocycles. The normalized spacial score (nSPS) is 27.1. The van der Waals surface area contributed by atoms with E-state index >= 15 is 0 Å². The second-order valence-electron chi connectivity index (χ2n) is 7.09. The van der Waals surface area contributed by atoms with Gasteiger partial charge in [0.15, 0.2) is 0 Å². The zero-order valence-corrected chi connectivity index (χ0v) is 14.0. The molecule has 0 amide bonds. The summed E-state index contributed by atoms with van der Waals surface area (Å²) in [6.45, 7) is 4.64. The molecule has 2 unspecified atom stereocenters. The van der Waals surface area contributed by atoms with Gasteiger partial charge in [-0.05, 0) is 53.5 Å². The molecule has 1 aromatic heterocycles. The first-order chi connectivity index (χ1) is 10.1. The van der Waals surface area contributed by atoms with Gasteiger partial charge in [-0.25, -0.2) is 0 Å². The first-order valence-corrected chi connectivity index (χ1v) is 9.13. The molecule has 0 aliphatic heterocycles. The van der Waals surface area contributed by atoms with E-state index in [0.717, 1.165) is 31.1 Å². The van der Waals surface area contributed by atoms with Crippen molar-refractivity contribution in [1.29, 1.82) is 0 Å². The molecule has 1 aromatic carbocycles. The average molecular weight is 302 g/mol. The summed E-state index contributed by atoms with van der Waals surface area (Å²) in [6, 6.07) is 8.56. The lowest BCUT2D eigenvalue weighted by atomic mass is 9.85. The Labute approximate surface area is 132 Å². The van der Waals surface area contributed by atoms with Crippen LogP contribution in [0, 0.1) is 11.8 Å². The number of fused-ring (bicyclic) bond motifs is 1. The average Bonchev–Trinajstić information content (AvgIpc) is 2.74. The van der Waals surface area contributed by atoms with Gasteiger partial charge in [0, 0.05) is 11.1 Å². The molecular formula is C19H26OS. The van der Waals surface area contributed by atoms with Gasteiger partial charge in [-0.15, -0.1) is 11.3 Å². The maximum Gasteiger partial charge on any atom is 0.0688 e. The van der Waals surface area contributed by atoms with Crippen LogP contribution in [0.15, 0.2) is 29.6 Å². The van der Waals surface area contributed by atoms with Crippen molar-refractivity contribution in [2.45, 2.75) is 58.0 Å². The maximum absolute atomic E-state index is 11.1. The number of hydrogen-bond donors (Lipinski definition) is 1. The van der Waals surface area contributed by atoms with Crippen LogP contribution in [0.5, 0.6) is 0 Å². The third-order valence-corrected chi connectivity index (χ3v) is 6.23. The van der Waals surface area contributed by atoms with E-state index < -0.39 is 5.60 Å². The number of benzene rings is 1. The minimum atomic E-state index is -0.493. The van der Waals surface area contributed by atoms with E-state index in [9.17, 15) is 5.11 Å². The largest absolute Gasteiger partial charge is 0.390 e. The topological polar surface area (TPSA) is 20.2 Å². The van der Waals surface area contributed by atoms with Gasteiger partial charge < -0.3 is 5.11 Å². The van der Waals surface area contributed by atoms with Gasteiger partial charge in [0.1, 0.15) is 0 Å². The summed E-state index contributed by atoms with van der Waals surface area (Å²) >= 11 is 1.80. The van der Waals surface area contributed by atoms with Crippen molar-refractivity contribution < 1.29 is 5.11 Å². The molecule has 114 valence electrons. The van der Waals surface area contributed by atoms with Crippen LogP contribution in [-0.2, 0) is 6.42 Å². The molecule has 1 saturated carbocycles. The quantitative estimate of drug-likeness (QED) is 0.751. The molecule has 1 nitrogen and oxygen atoms in total. The zero-order chi connectivity index (χ0) is 14.9. The summed E-state index contributed by atoms with van der Waals surface area (Å²) in [7, 11) is 0. The van der Waals surface area contributed by atoms with Crippen LogP contribution < -0.4 is 0 Å². The second kappa shape index (κ2) is 6.10. The molecule has 21 heavy (non-hydrogen) atoms. The second-order valence-corrected chi connectivity index (χ2v) is 8.00. The highest BCUT2D eigenvalue weighted by Gasteiger charge is 2.32. The van der Waals surface area contributed by atoms with Gasteiger partial charge in [0.2, 0.25) is 0 Å². The Morgan fingerprint density at radius 1 is 1.24 bits per heavy atom. The molecule has 2 atom stereocenters. The van der Waals surface area contributed by atoms with Gasteiger partial charge in [0.05, 0.1) is 5.60 Å². The van der Waals surface area contributed by atoms with Crippen LogP contribution in [0.3, 0.4) is 0 Å². The Hall–Kier alpha value is -0.860. The lowest BCUT2D eigenvalue weighted by Crippen LogP contribution is -2.30. The van der Waals surface area contributed by atoms with Crippen molar-refractivity contribution in [1.82, 2.24) is 0 Å². The first-order valence-electron chi connectivity index (χ1n) is 8.25. The molecule has 1 aliphatic carbocycles. The molecule has 1 N–H and O–H groups in total. The molecule has 2 heteroatoms. The molecule has 1 fully saturated rings. The van der Waals surface area contributed by atoms with E-state index in [1.807, 2.05) is 0 Å². The Kier molecular flexibility index (Phi) is 4.37. The van der Waals surface area contributed by atoms with Crippen molar-refractivity contribution in [3.63, 3.8) is 0 Å². The van der Waals surface area contributed by atoms with Crippen molar-refractivity contribution in [3.05, 3.63) is 35.2 Å². The Bertz CT molecular complexity index is 600. The monoisotopic (exact) mass is 302 g/mol. The van der Waals surface area contributed by atoms with Crippen LogP contribution in [0.4, 0.5) is 0 Å². The van der Waals surface area contributed by atoms with Crippen LogP contribution in [0.2, 0.25) is 0 Å². The molecule has 0 radical (unpaired) electrons. The minimum absolute atomic E-state index is 0.493. The Balaban J connectivity index is 1.77. The summed E-state index contributed by atoms with van der Waals surface area (Å²) in [6.07, 6.45) is 6.37. The standard InChI is InChI=1S/C19H26OS/c1-14(2)15-6-5-10-19(20,11-9-15)12-16-13-21-18-8-4-3-7-17(16)18/h3-4,7-8,13-15,20H,5-6,9-12H2,1-2H3. The van der Waals surface area contributed by atoms with Gasteiger partial charge in [-0.2, -0.15) is 0 Å². The minimum Gasteiger partial charge on any atom is -0.390 e. The highest BCUT2D eigenvalue weighted by Crippen LogP contribution is 2.37. The van der Waals surface area contributed by atoms with Gasteiger partial charge >= 0.3 is 0 Å². The first kappa shape index (κ1) is 15.1. The molecular weight excluding hydrogens is 276 g/mol. The molecule has 3 rings (SSSR count). The highest BCUT2D eigenvalue weighted by molar-refractivity contribution is 7.17. The summed E-state index contributed by atoms with van der Waals surface area (Å²) in [5, 5.41) is 14.7. The number of hydrogen-bond acceptors (Lipinski definition) is 2. The number of rotatable bonds is 3. The SMILES string of the molecule is CC(C)C1CCCC(O)(Cc2csc3ccccc23)CC1. The molecule has 0 spiro atoms. The maximum atomic E-state index is 11.1. The van der Waals surface area contributed by atoms with Crippen LogP contribution in [-0.4, -0.2) is 10.7 Å². The van der Waals surface area contributed by atoms with E-state index in [-0.39, 0.29) is 0 Å². The van der Waals surface area contributed by atoms with Gasteiger partial charge in [0.25, 0.3) is 0 Å².